The number of aryl methyl sites for hydroxylation is 1. The minimum absolute atomic E-state index is 0.0401. The first-order valence-electron chi connectivity index (χ1n) is 6.97. The molecule has 1 aliphatic carbocycles. The average Bonchev–Trinajstić information content (AvgIpc) is 2.83. The highest BCUT2D eigenvalue weighted by atomic mass is 16.5. The van der Waals surface area contributed by atoms with Crippen LogP contribution in [0.3, 0.4) is 0 Å². The van der Waals surface area contributed by atoms with Crippen molar-refractivity contribution in [2.75, 3.05) is 13.2 Å². The lowest BCUT2D eigenvalue weighted by molar-refractivity contribution is -0.172. The molecule has 2 atom stereocenters. The number of amides is 1. The SMILES string of the molecule is CCO[C@H]1C[C@](CO)(NC(=O)c2ccc(C)o2)C1(C)C. The molecule has 0 unspecified atom stereocenters. The molecule has 5 nitrogen and oxygen atoms in total. The number of furan rings is 1. The van der Waals surface area contributed by atoms with Gasteiger partial charge in [0.15, 0.2) is 5.76 Å². The quantitative estimate of drug-likeness (QED) is 0.864. The lowest BCUT2D eigenvalue weighted by atomic mass is 9.54. The van der Waals surface area contributed by atoms with Crippen molar-refractivity contribution in [1.82, 2.24) is 5.32 Å². The zero-order valence-electron chi connectivity index (χ0n) is 12.5. The maximum Gasteiger partial charge on any atom is 0.287 e. The van der Waals surface area contributed by atoms with Gasteiger partial charge in [0.25, 0.3) is 5.91 Å². The number of hydrogen-bond donors (Lipinski definition) is 2. The number of carbonyl (C=O) groups is 1. The summed E-state index contributed by atoms with van der Waals surface area (Å²) in [4.78, 5) is 12.2. The standard InChI is InChI=1S/C15H23NO4/c1-5-19-12-8-15(9-17,14(12,3)4)16-13(18)11-7-6-10(2)20-11/h6-7,12,17H,5,8-9H2,1-4H3,(H,16,18)/t12-,15+/m0/s1. The van der Waals surface area contributed by atoms with E-state index >= 15 is 0 Å². The number of rotatable bonds is 5. The minimum Gasteiger partial charge on any atom is -0.456 e. The first kappa shape index (κ1) is 15.1. The molecule has 0 saturated heterocycles. The fraction of sp³-hybridized carbons (Fsp3) is 0.667. The largest absolute Gasteiger partial charge is 0.456 e. The lowest BCUT2D eigenvalue weighted by Crippen LogP contribution is -2.74. The van der Waals surface area contributed by atoms with Crippen molar-refractivity contribution < 1.29 is 19.1 Å². The minimum atomic E-state index is -0.662. The van der Waals surface area contributed by atoms with Crippen molar-refractivity contribution in [3.63, 3.8) is 0 Å². The van der Waals surface area contributed by atoms with Gasteiger partial charge in [-0.25, -0.2) is 0 Å². The summed E-state index contributed by atoms with van der Waals surface area (Å²) >= 11 is 0. The van der Waals surface area contributed by atoms with Crippen LogP contribution in [0.5, 0.6) is 0 Å². The van der Waals surface area contributed by atoms with Crippen molar-refractivity contribution >= 4 is 5.91 Å². The van der Waals surface area contributed by atoms with Crippen LogP contribution in [0.4, 0.5) is 0 Å². The van der Waals surface area contributed by atoms with Crippen LogP contribution in [0.2, 0.25) is 0 Å². The summed E-state index contributed by atoms with van der Waals surface area (Å²) in [5.74, 6) is 0.661. The van der Waals surface area contributed by atoms with Gasteiger partial charge in [0, 0.05) is 18.4 Å². The summed E-state index contributed by atoms with van der Waals surface area (Å²) in [6.07, 6.45) is 0.647. The molecule has 1 aromatic rings. The summed E-state index contributed by atoms with van der Waals surface area (Å²) in [6, 6.07) is 3.39. The molecule has 2 rings (SSSR count). The highest BCUT2D eigenvalue weighted by Crippen LogP contribution is 2.51. The van der Waals surface area contributed by atoms with Crippen LogP contribution >= 0.6 is 0 Å². The molecule has 1 fully saturated rings. The molecule has 2 N–H and O–H groups in total. The van der Waals surface area contributed by atoms with Gasteiger partial charge in [0.2, 0.25) is 0 Å². The van der Waals surface area contributed by atoms with Crippen molar-refractivity contribution in [3.05, 3.63) is 23.7 Å². The van der Waals surface area contributed by atoms with Crippen molar-refractivity contribution in [3.8, 4) is 0 Å². The maximum atomic E-state index is 12.2. The summed E-state index contributed by atoms with van der Waals surface area (Å²) in [7, 11) is 0. The van der Waals surface area contributed by atoms with E-state index in [9.17, 15) is 9.90 Å². The predicted octanol–water partition coefficient (Wildman–Crippen LogP) is 1.88. The molecule has 1 amide bonds. The highest BCUT2D eigenvalue weighted by molar-refractivity contribution is 5.92. The van der Waals surface area contributed by atoms with Crippen molar-refractivity contribution in [1.29, 1.82) is 0 Å². The molecule has 1 saturated carbocycles. The van der Waals surface area contributed by atoms with Gasteiger partial charge >= 0.3 is 0 Å². The van der Waals surface area contributed by atoms with Crippen LogP contribution in [0, 0.1) is 12.3 Å². The zero-order chi connectivity index (χ0) is 15.0. The number of hydrogen-bond acceptors (Lipinski definition) is 4. The first-order chi connectivity index (χ1) is 9.36. The lowest BCUT2D eigenvalue weighted by Gasteiger charge is -2.60. The number of nitrogens with one attached hydrogen (secondary N) is 1. The van der Waals surface area contributed by atoms with Gasteiger partial charge in [-0.1, -0.05) is 13.8 Å². The van der Waals surface area contributed by atoms with E-state index in [4.69, 9.17) is 9.15 Å². The molecular weight excluding hydrogens is 258 g/mol. The maximum absolute atomic E-state index is 12.2. The van der Waals surface area contributed by atoms with E-state index in [1.807, 2.05) is 20.8 Å². The second-order valence-corrected chi connectivity index (χ2v) is 5.97. The number of ether oxygens (including phenoxy) is 1. The molecule has 5 heteroatoms. The van der Waals surface area contributed by atoms with E-state index in [1.165, 1.54) is 0 Å². The van der Waals surface area contributed by atoms with Gasteiger partial charge in [-0.15, -0.1) is 0 Å². The summed E-state index contributed by atoms with van der Waals surface area (Å²) in [6.45, 7) is 8.24. The van der Waals surface area contributed by atoms with Gasteiger partial charge in [-0.2, -0.15) is 0 Å². The molecule has 0 spiro atoms. The zero-order valence-corrected chi connectivity index (χ0v) is 12.5. The molecule has 1 aliphatic rings. The number of carbonyl (C=O) groups excluding carboxylic acids is 1. The Balaban J connectivity index is 2.12. The van der Waals surface area contributed by atoms with E-state index in [0.29, 0.717) is 18.8 Å². The Hall–Kier alpha value is -1.33. The Kier molecular flexibility index (Phi) is 3.93. The third kappa shape index (κ3) is 2.25. The monoisotopic (exact) mass is 281 g/mol. The van der Waals surface area contributed by atoms with Crippen molar-refractivity contribution in [2.45, 2.75) is 45.8 Å². The first-order valence-corrected chi connectivity index (χ1v) is 6.97. The molecular formula is C15H23NO4. The second-order valence-electron chi connectivity index (χ2n) is 5.97. The molecule has 0 aliphatic heterocycles. The molecule has 0 aromatic carbocycles. The Morgan fingerprint density at radius 3 is 2.70 bits per heavy atom. The predicted molar refractivity (Wildman–Crippen MR) is 74.5 cm³/mol. The van der Waals surface area contributed by atoms with Gasteiger partial charge in [0.1, 0.15) is 5.76 Å². The third-order valence-electron chi connectivity index (χ3n) is 4.53. The fourth-order valence-corrected chi connectivity index (χ4v) is 2.84. The summed E-state index contributed by atoms with van der Waals surface area (Å²) in [5.41, 5.74) is -0.986. The summed E-state index contributed by atoms with van der Waals surface area (Å²) in [5, 5.41) is 12.7. The van der Waals surface area contributed by atoms with E-state index in [1.54, 1.807) is 19.1 Å². The van der Waals surface area contributed by atoms with Gasteiger partial charge < -0.3 is 19.6 Å². The van der Waals surface area contributed by atoms with E-state index in [2.05, 4.69) is 5.32 Å². The molecule has 1 heterocycles. The van der Waals surface area contributed by atoms with Gasteiger partial charge in [-0.3, -0.25) is 4.79 Å². The Labute approximate surface area is 119 Å². The molecule has 0 radical (unpaired) electrons. The van der Waals surface area contributed by atoms with Crippen LogP contribution in [-0.4, -0.2) is 35.9 Å². The fourth-order valence-electron chi connectivity index (χ4n) is 2.84. The van der Waals surface area contributed by atoms with E-state index in [-0.39, 0.29) is 29.8 Å². The molecule has 112 valence electrons. The van der Waals surface area contributed by atoms with E-state index < -0.39 is 5.54 Å². The van der Waals surface area contributed by atoms with Crippen LogP contribution in [-0.2, 0) is 4.74 Å². The topological polar surface area (TPSA) is 71.7 Å². The van der Waals surface area contributed by atoms with E-state index in [0.717, 1.165) is 0 Å². The normalized spacial score (nSPS) is 27.9. The smallest absolute Gasteiger partial charge is 0.287 e. The van der Waals surface area contributed by atoms with Crippen LogP contribution in [0.25, 0.3) is 0 Å². The molecule has 0 bridgehead atoms. The second kappa shape index (κ2) is 5.22. The van der Waals surface area contributed by atoms with Gasteiger partial charge in [0.05, 0.1) is 18.2 Å². The molecule has 20 heavy (non-hydrogen) atoms. The van der Waals surface area contributed by atoms with Gasteiger partial charge in [-0.05, 0) is 26.0 Å². The number of aliphatic hydroxyl groups is 1. The highest BCUT2D eigenvalue weighted by Gasteiger charge is 2.61. The average molecular weight is 281 g/mol. The van der Waals surface area contributed by atoms with Crippen LogP contribution < -0.4 is 5.32 Å². The van der Waals surface area contributed by atoms with Crippen LogP contribution in [0.15, 0.2) is 16.5 Å². The van der Waals surface area contributed by atoms with Crippen LogP contribution in [0.1, 0.15) is 43.5 Å². The Morgan fingerprint density at radius 1 is 1.55 bits per heavy atom. The third-order valence-corrected chi connectivity index (χ3v) is 4.53. The number of aliphatic hydroxyl groups excluding tert-OH is 1. The Morgan fingerprint density at radius 2 is 2.25 bits per heavy atom. The van der Waals surface area contributed by atoms with Crippen molar-refractivity contribution in [2.24, 2.45) is 5.41 Å². The Bertz CT molecular complexity index is 494. The molecule has 1 aromatic heterocycles. The summed E-state index contributed by atoms with van der Waals surface area (Å²) < 4.78 is 11.0.